The van der Waals surface area contributed by atoms with Crippen molar-refractivity contribution in [3.05, 3.63) is 36.1 Å². The van der Waals surface area contributed by atoms with E-state index in [0.717, 1.165) is 23.8 Å². The molecule has 1 atom stereocenters. The van der Waals surface area contributed by atoms with Gasteiger partial charge in [-0.05, 0) is 44.4 Å². The van der Waals surface area contributed by atoms with Crippen LogP contribution in [-0.4, -0.2) is 6.54 Å². The lowest BCUT2D eigenvalue weighted by molar-refractivity contribution is 0.378. The van der Waals surface area contributed by atoms with Gasteiger partial charge in [-0.25, -0.2) is 0 Å². The van der Waals surface area contributed by atoms with E-state index in [1.165, 1.54) is 43.9 Å². The van der Waals surface area contributed by atoms with E-state index >= 15 is 0 Å². The van der Waals surface area contributed by atoms with Crippen molar-refractivity contribution in [2.24, 2.45) is 5.92 Å². The van der Waals surface area contributed by atoms with Gasteiger partial charge in [-0.2, -0.15) is 0 Å². The van der Waals surface area contributed by atoms with Gasteiger partial charge in [0.05, 0.1) is 6.04 Å². The van der Waals surface area contributed by atoms with Crippen LogP contribution in [0.3, 0.4) is 0 Å². The maximum absolute atomic E-state index is 5.93. The summed E-state index contributed by atoms with van der Waals surface area (Å²) >= 11 is 0. The van der Waals surface area contributed by atoms with E-state index in [0.29, 0.717) is 6.04 Å². The van der Waals surface area contributed by atoms with E-state index in [2.05, 4.69) is 30.4 Å². The number of benzene rings is 1. The molecular weight excluding hydrogens is 246 g/mol. The Morgan fingerprint density at radius 2 is 1.90 bits per heavy atom. The molecule has 0 spiro atoms. The second-order valence-electron chi connectivity index (χ2n) is 6.17. The van der Waals surface area contributed by atoms with Gasteiger partial charge < -0.3 is 9.73 Å². The zero-order chi connectivity index (χ0) is 13.8. The van der Waals surface area contributed by atoms with Gasteiger partial charge >= 0.3 is 0 Å². The molecule has 3 rings (SSSR count). The van der Waals surface area contributed by atoms with Crippen molar-refractivity contribution < 1.29 is 4.42 Å². The van der Waals surface area contributed by atoms with Crippen LogP contribution in [0.5, 0.6) is 0 Å². The molecule has 1 fully saturated rings. The van der Waals surface area contributed by atoms with Gasteiger partial charge in [0.2, 0.25) is 0 Å². The van der Waals surface area contributed by atoms with Crippen LogP contribution in [0.25, 0.3) is 11.0 Å². The molecule has 2 nitrogen and oxygen atoms in total. The summed E-state index contributed by atoms with van der Waals surface area (Å²) in [4.78, 5) is 0. The molecule has 20 heavy (non-hydrogen) atoms. The van der Waals surface area contributed by atoms with E-state index in [4.69, 9.17) is 4.42 Å². The van der Waals surface area contributed by atoms with Gasteiger partial charge in [-0.3, -0.25) is 0 Å². The third-order valence-corrected chi connectivity index (χ3v) is 4.56. The fourth-order valence-electron chi connectivity index (χ4n) is 3.23. The lowest BCUT2D eigenvalue weighted by Crippen LogP contribution is -2.25. The third kappa shape index (κ3) is 3.24. The SMILES string of the molecule is CC(NCC1CCCCCC1)c1cc2ccccc2o1. The minimum absolute atomic E-state index is 0.297. The van der Waals surface area contributed by atoms with Crippen molar-refractivity contribution in [1.82, 2.24) is 5.32 Å². The average molecular weight is 271 g/mol. The molecule has 2 heteroatoms. The number of nitrogens with one attached hydrogen (secondary N) is 1. The highest BCUT2D eigenvalue weighted by Crippen LogP contribution is 2.25. The van der Waals surface area contributed by atoms with Gasteiger partial charge in [0, 0.05) is 5.39 Å². The molecule has 0 radical (unpaired) electrons. The Labute approximate surface area is 121 Å². The predicted molar refractivity (Wildman–Crippen MR) is 83.8 cm³/mol. The zero-order valence-electron chi connectivity index (χ0n) is 12.4. The van der Waals surface area contributed by atoms with Crippen LogP contribution < -0.4 is 5.32 Å². The molecule has 0 aliphatic heterocycles. The Bertz CT molecular complexity index is 504. The van der Waals surface area contributed by atoms with Gasteiger partial charge in [-0.1, -0.05) is 43.9 Å². The normalized spacial score (nSPS) is 19.1. The van der Waals surface area contributed by atoms with Crippen molar-refractivity contribution in [3.63, 3.8) is 0 Å². The largest absolute Gasteiger partial charge is 0.459 e. The van der Waals surface area contributed by atoms with Gasteiger partial charge in [0.15, 0.2) is 0 Å². The summed E-state index contributed by atoms with van der Waals surface area (Å²) in [6.45, 7) is 3.33. The highest BCUT2D eigenvalue weighted by atomic mass is 16.3. The monoisotopic (exact) mass is 271 g/mol. The van der Waals surface area contributed by atoms with Gasteiger partial charge in [-0.15, -0.1) is 0 Å². The van der Waals surface area contributed by atoms with E-state index < -0.39 is 0 Å². The number of hydrogen-bond acceptors (Lipinski definition) is 2. The van der Waals surface area contributed by atoms with Gasteiger partial charge in [0.25, 0.3) is 0 Å². The Balaban J connectivity index is 1.59. The summed E-state index contributed by atoms with van der Waals surface area (Å²) in [5, 5.41) is 4.86. The first-order valence-electron chi connectivity index (χ1n) is 8.05. The lowest BCUT2D eigenvalue weighted by atomic mass is 10.00. The van der Waals surface area contributed by atoms with E-state index in [1.807, 2.05) is 12.1 Å². The maximum Gasteiger partial charge on any atom is 0.134 e. The van der Waals surface area contributed by atoms with Crippen molar-refractivity contribution in [3.8, 4) is 0 Å². The molecule has 1 aliphatic carbocycles. The molecule has 1 aromatic heterocycles. The summed E-state index contributed by atoms with van der Waals surface area (Å²) in [6.07, 6.45) is 8.45. The molecule has 1 saturated carbocycles. The summed E-state index contributed by atoms with van der Waals surface area (Å²) in [7, 11) is 0. The summed E-state index contributed by atoms with van der Waals surface area (Å²) in [5.74, 6) is 1.91. The molecule has 0 bridgehead atoms. The first-order chi connectivity index (χ1) is 9.83. The molecule has 1 unspecified atom stereocenters. The Kier molecular flexibility index (Phi) is 4.41. The topological polar surface area (TPSA) is 25.2 Å². The number of furan rings is 1. The summed E-state index contributed by atoms with van der Waals surface area (Å²) in [5.41, 5.74) is 0.991. The number of hydrogen-bond donors (Lipinski definition) is 1. The first-order valence-corrected chi connectivity index (χ1v) is 8.05. The number of para-hydroxylation sites is 1. The average Bonchev–Trinajstić information content (AvgIpc) is 2.74. The molecule has 108 valence electrons. The van der Waals surface area contributed by atoms with E-state index in [9.17, 15) is 0 Å². The minimum Gasteiger partial charge on any atom is -0.459 e. The second-order valence-corrected chi connectivity index (χ2v) is 6.17. The molecule has 1 heterocycles. The summed E-state index contributed by atoms with van der Waals surface area (Å²) < 4.78 is 5.93. The fraction of sp³-hybridized carbons (Fsp3) is 0.556. The molecule has 0 amide bonds. The quantitative estimate of drug-likeness (QED) is 0.787. The highest BCUT2D eigenvalue weighted by molar-refractivity contribution is 5.77. The zero-order valence-corrected chi connectivity index (χ0v) is 12.4. The van der Waals surface area contributed by atoms with Crippen LogP contribution in [0, 0.1) is 5.92 Å². The molecule has 1 aliphatic rings. The Morgan fingerprint density at radius 3 is 2.65 bits per heavy atom. The number of rotatable bonds is 4. The minimum atomic E-state index is 0.297. The standard InChI is InChI=1S/C18H25NO/c1-14(19-13-15-8-4-2-3-5-9-15)18-12-16-10-6-7-11-17(16)20-18/h6-7,10-12,14-15,19H,2-5,8-9,13H2,1H3. The first kappa shape index (κ1) is 13.7. The van der Waals surface area contributed by atoms with Gasteiger partial charge in [0.1, 0.15) is 11.3 Å². The smallest absolute Gasteiger partial charge is 0.134 e. The third-order valence-electron chi connectivity index (χ3n) is 4.56. The molecule has 0 saturated heterocycles. The van der Waals surface area contributed by atoms with Crippen LogP contribution >= 0.6 is 0 Å². The lowest BCUT2D eigenvalue weighted by Gasteiger charge is -2.18. The molecule has 2 aromatic rings. The molecular formula is C18H25NO. The van der Waals surface area contributed by atoms with E-state index in [-0.39, 0.29) is 0 Å². The maximum atomic E-state index is 5.93. The van der Waals surface area contributed by atoms with Crippen LogP contribution in [-0.2, 0) is 0 Å². The van der Waals surface area contributed by atoms with Crippen LogP contribution in [0.1, 0.15) is 57.3 Å². The number of fused-ring (bicyclic) bond motifs is 1. The van der Waals surface area contributed by atoms with Crippen molar-refractivity contribution in [2.75, 3.05) is 6.54 Å². The van der Waals surface area contributed by atoms with Crippen LogP contribution in [0.15, 0.2) is 34.7 Å². The second kappa shape index (κ2) is 6.45. The van der Waals surface area contributed by atoms with Crippen molar-refractivity contribution >= 4 is 11.0 Å². The van der Waals surface area contributed by atoms with Crippen LogP contribution in [0.4, 0.5) is 0 Å². The fourth-order valence-corrected chi connectivity index (χ4v) is 3.23. The summed E-state index contributed by atoms with van der Waals surface area (Å²) in [6, 6.07) is 10.7. The van der Waals surface area contributed by atoms with Crippen LogP contribution in [0.2, 0.25) is 0 Å². The van der Waals surface area contributed by atoms with E-state index in [1.54, 1.807) is 0 Å². The molecule has 1 N–H and O–H groups in total. The molecule has 1 aromatic carbocycles. The van der Waals surface area contributed by atoms with Crippen molar-refractivity contribution in [2.45, 2.75) is 51.5 Å². The Morgan fingerprint density at radius 1 is 1.15 bits per heavy atom. The predicted octanol–water partition coefficient (Wildman–Crippen LogP) is 5.05. The Hall–Kier alpha value is -1.28. The highest BCUT2D eigenvalue weighted by Gasteiger charge is 2.15. The van der Waals surface area contributed by atoms with Crippen molar-refractivity contribution in [1.29, 1.82) is 0 Å².